The van der Waals surface area contributed by atoms with E-state index in [0.717, 1.165) is 34.3 Å². The molecule has 4 rings (SSSR count). The molecule has 0 spiro atoms. The summed E-state index contributed by atoms with van der Waals surface area (Å²) < 4.78 is 5.65. The van der Waals surface area contributed by atoms with Crippen molar-refractivity contribution in [2.75, 3.05) is 23.3 Å². The Morgan fingerprint density at radius 2 is 2.15 bits per heavy atom. The van der Waals surface area contributed by atoms with Crippen LogP contribution in [0.4, 0.5) is 11.1 Å². The van der Waals surface area contributed by atoms with Gasteiger partial charge in [-0.05, 0) is 19.1 Å². The minimum atomic E-state index is 0.340. The number of aryl methyl sites for hydroxylation is 1. The van der Waals surface area contributed by atoms with E-state index in [0.29, 0.717) is 12.1 Å². The quantitative estimate of drug-likeness (QED) is 0.797. The molecule has 0 unspecified atom stereocenters. The Labute approximate surface area is 119 Å². The van der Waals surface area contributed by atoms with Crippen LogP contribution in [0.2, 0.25) is 0 Å². The fourth-order valence-corrected chi connectivity index (χ4v) is 2.95. The molecule has 0 bridgehead atoms. The van der Waals surface area contributed by atoms with Gasteiger partial charge in [0.25, 0.3) is 6.01 Å². The van der Waals surface area contributed by atoms with Crippen molar-refractivity contribution in [1.29, 1.82) is 0 Å². The monoisotopic (exact) mass is 287 g/mol. The van der Waals surface area contributed by atoms with Crippen LogP contribution in [-0.4, -0.2) is 34.3 Å². The molecule has 1 aromatic carbocycles. The molecule has 102 valence electrons. The molecule has 0 amide bonds. The first-order chi connectivity index (χ1) is 9.78. The molecule has 2 aromatic heterocycles. The zero-order valence-corrected chi connectivity index (χ0v) is 11.7. The number of oxazole rings is 1. The Morgan fingerprint density at radius 1 is 1.30 bits per heavy atom. The lowest BCUT2D eigenvalue weighted by atomic mass is 10.1. The lowest BCUT2D eigenvalue weighted by molar-refractivity contribution is 0.518. The van der Waals surface area contributed by atoms with Crippen LogP contribution in [0.3, 0.4) is 0 Å². The van der Waals surface area contributed by atoms with Crippen LogP contribution in [-0.2, 0) is 0 Å². The lowest BCUT2D eigenvalue weighted by Crippen LogP contribution is -2.55. The Hall–Kier alpha value is -2.15. The first-order valence-electron chi connectivity index (χ1n) is 6.45. The molecule has 0 aliphatic carbocycles. The van der Waals surface area contributed by atoms with Crippen LogP contribution < -0.4 is 10.2 Å². The van der Waals surface area contributed by atoms with Crippen molar-refractivity contribution in [3.63, 3.8) is 0 Å². The lowest BCUT2D eigenvalue weighted by Gasteiger charge is -2.38. The fraction of sp³-hybridized carbons (Fsp3) is 0.308. The molecule has 1 aliphatic rings. The van der Waals surface area contributed by atoms with Gasteiger partial charge in [-0.15, -0.1) is 10.2 Å². The van der Waals surface area contributed by atoms with Crippen LogP contribution >= 0.6 is 11.3 Å². The summed E-state index contributed by atoms with van der Waals surface area (Å²) in [7, 11) is 0. The largest absolute Gasteiger partial charge is 0.424 e. The van der Waals surface area contributed by atoms with Crippen molar-refractivity contribution < 1.29 is 4.42 Å². The van der Waals surface area contributed by atoms with Crippen molar-refractivity contribution in [2.45, 2.75) is 13.0 Å². The summed E-state index contributed by atoms with van der Waals surface area (Å²) in [5.74, 6) is 0. The first kappa shape index (κ1) is 11.7. The van der Waals surface area contributed by atoms with Gasteiger partial charge in [-0.1, -0.05) is 23.5 Å². The maximum Gasteiger partial charge on any atom is 0.296 e. The molecule has 0 saturated carbocycles. The molecule has 1 aliphatic heterocycles. The minimum absolute atomic E-state index is 0.340. The number of aromatic nitrogens is 3. The molecular formula is C13H13N5OS. The van der Waals surface area contributed by atoms with Crippen LogP contribution in [0.5, 0.6) is 0 Å². The van der Waals surface area contributed by atoms with Crippen LogP contribution in [0.15, 0.2) is 28.7 Å². The Bertz CT molecular complexity index is 713. The van der Waals surface area contributed by atoms with Gasteiger partial charge >= 0.3 is 0 Å². The average molecular weight is 287 g/mol. The zero-order chi connectivity index (χ0) is 13.5. The normalized spacial score (nSPS) is 15.6. The van der Waals surface area contributed by atoms with Crippen LogP contribution in [0, 0.1) is 6.92 Å². The van der Waals surface area contributed by atoms with Crippen molar-refractivity contribution >= 4 is 33.6 Å². The molecule has 1 fully saturated rings. The van der Waals surface area contributed by atoms with Gasteiger partial charge in [-0.3, -0.25) is 0 Å². The van der Waals surface area contributed by atoms with E-state index in [1.54, 1.807) is 11.3 Å². The first-order valence-corrected chi connectivity index (χ1v) is 7.27. The van der Waals surface area contributed by atoms with E-state index < -0.39 is 0 Å². The van der Waals surface area contributed by atoms with E-state index in [1.807, 2.05) is 31.2 Å². The fourth-order valence-electron chi connectivity index (χ4n) is 2.25. The molecule has 3 aromatic rings. The predicted molar refractivity (Wildman–Crippen MR) is 78.3 cm³/mol. The molecule has 3 heterocycles. The van der Waals surface area contributed by atoms with Gasteiger partial charge in [0.1, 0.15) is 10.5 Å². The third-order valence-corrected chi connectivity index (χ3v) is 4.19. The maximum atomic E-state index is 5.65. The number of hydrogen-bond donors (Lipinski definition) is 1. The highest BCUT2D eigenvalue weighted by Crippen LogP contribution is 2.26. The van der Waals surface area contributed by atoms with Gasteiger partial charge in [0, 0.05) is 13.1 Å². The summed E-state index contributed by atoms with van der Waals surface area (Å²) >= 11 is 1.62. The van der Waals surface area contributed by atoms with Crippen LogP contribution in [0.1, 0.15) is 5.01 Å². The summed E-state index contributed by atoms with van der Waals surface area (Å²) in [4.78, 5) is 6.61. The summed E-state index contributed by atoms with van der Waals surface area (Å²) in [6, 6.07) is 8.69. The molecular weight excluding hydrogens is 274 g/mol. The average Bonchev–Trinajstić information content (AvgIpc) is 2.98. The minimum Gasteiger partial charge on any atom is -0.424 e. The van der Waals surface area contributed by atoms with Crippen molar-refractivity contribution in [3.8, 4) is 0 Å². The highest BCUT2D eigenvalue weighted by molar-refractivity contribution is 7.15. The number of hydrogen-bond acceptors (Lipinski definition) is 7. The smallest absolute Gasteiger partial charge is 0.296 e. The topological polar surface area (TPSA) is 67.1 Å². The van der Waals surface area contributed by atoms with Gasteiger partial charge in [-0.25, -0.2) is 0 Å². The molecule has 1 N–H and O–H groups in total. The van der Waals surface area contributed by atoms with Gasteiger partial charge in [0.15, 0.2) is 5.58 Å². The van der Waals surface area contributed by atoms with E-state index in [4.69, 9.17) is 4.42 Å². The Morgan fingerprint density at radius 3 is 2.90 bits per heavy atom. The molecule has 0 radical (unpaired) electrons. The van der Waals surface area contributed by atoms with Crippen molar-refractivity contribution in [1.82, 2.24) is 15.2 Å². The number of nitrogens with zero attached hydrogens (tertiary/aromatic N) is 4. The number of nitrogens with one attached hydrogen (secondary N) is 1. The second-order valence-electron chi connectivity index (χ2n) is 4.84. The maximum absolute atomic E-state index is 5.65. The van der Waals surface area contributed by atoms with Crippen molar-refractivity contribution in [3.05, 3.63) is 29.3 Å². The van der Waals surface area contributed by atoms with Gasteiger partial charge < -0.3 is 14.6 Å². The number of para-hydroxylation sites is 2. The number of rotatable bonds is 3. The third kappa shape index (κ3) is 2.00. The zero-order valence-electron chi connectivity index (χ0n) is 10.9. The number of anilines is 2. The summed E-state index contributed by atoms with van der Waals surface area (Å²) in [5.41, 5.74) is 1.69. The van der Waals surface area contributed by atoms with Crippen LogP contribution in [0.25, 0.3) is 11.1 Å². The highest BCUT2D eigenvalue weighted by atomic mass is 32.1. The van der Waals surface area contributed by atoms with E-state index in [-0.39, 0.29) is 0 Å². The second-order valence-corrected chi connectivity index (χ2v) is 6.00. The summed E-state index contributed by atoms with van der Waals surface area (Å²) in [5, 5.41) is 13.5. The summed E-state index contributed by atoms with van der Waals surface area (Å²) in [6.07, 6.45) is 0. The molecule has 6 nitrogen and oxygen atoms in total. The van der Waals surface area contributed by atoms with E-state index in [2.05, 4.69) is 25.4 Å². The Balaban J connectivity index is 1.41. The highest BCUT2D eigenvalue weighted by Gasteiger charge is 2.30. The van der Waals surface area contributed by atoms with Gasteiger partial charge in [0.05, 0.1) is 6.04 Å². The molecule has 1 saturated heterocycles. The second kappa shape index (κ2) is 4.45. The van der Waals surface area contributed by atoms with E-state index >= 15 is 0 Å². The Kier molecular flexibility index (Phi) is 2.59. The molecule has 20 heavy (non-hydrogen) atoms. The molecule has 0 atom stereocenters. The molecule has 7 heteroatoms. The van der Waals surface area contributed by atoms with Crippen molar-refractivity contribution in [2.24, 2.45) is 0 Å². The van der Waals surface area contributed by atoms with Gasteiger partial charge in [0.2, 0.25) is 5.13 Å². The third-order valence-electron chi connectivity index (χ3n) is 3.29. The van der Waals surface area contributed by atoms with Gasteiger partial charge in [-0.2, -0.15) is 4.98 Å². The SMILES string of the molecule is Cc1nnc(N2CC(Nc3nc4ccccc4o3)C2)s1. The predicted octanol–water partition coefficient (Wildman–Crippen LogP) is 2.29. The summed E-state index contributed by atoms with van der Waals surface area (Å²) in [6.45, 7) is 3.76. The standard InChI is InChI=1S/C13H13N5OS/c1-8-16-17-13(20-8)18-6-9(7-18)14-12-15-10-4-2-3-5-11(10)19-12/h2-5,9H,6-7H2,1H3,(H,14,15). The van der Waals surface area contributed by atoms with E-state index in [9.17, 15) is 0 Å². The number of benzene rings is 1. The van der Waals surface area contributed by atoms with E-state index in [1.165, 1.54) is 0 Å². The number of fused-ring (bicyclic) bond motifs is 1.